The molecule has 0 aromatic heterocycles. The molecule has 0 bridgehead atoms. The van der Waals surface area contributed by atoms with E-state index in [1.165, 1.54) is 4.90 Å². The van der Waals surface area contributed by atoms with Gasteiger partial charge in [-0.3, -0.25) is 9.59 Å². The molecule has 0 radical (unpaired) electrons. The van der Waals surface area contributed by atoms with E-state index >= 15 is 0 Å². The topological polar surface area (TPSA) is 98.6 Å². The lowest BCUT2D eigenvalue weighted by atomic mass is 10.0. The van der Waals surface area contributed by atoms with Gasteiger partial charge in [0, 0.05) is 18.8 Å². The van der Waals surface area contributed by atoms with Crippen molar-refractivity contribution in [2.45, 2.75) is 26.0 Å². The zero-order valence-electron chi connectivity index (χ0n) is 12.1. The summed E-state index contributed by atoms with van der Waals surface area (Å²) in [6, 6.07) is 7.18. The van der Waals surface area contributed by atoms with Crippen LogP contribution in [0.1, 0.15) is 18.9 Å². The number of anilines is 1. The molecule has 0 saturated carbocycles. The number of nitrogen functional groups attached to an aromatic ring is 1. The Morgan fingerprint density at radius 2 is 2.00 bits per heavy atom. The van der Waals surface area contributed by atoms with Crippen LogP contribution in [0.2, 0.25) is 0 Å². The number of ether oxygens (including phenoxy) is 1. The third-order valence-corrected chi connectivity index (χ3v) is 3.64. The molecule has 1 heterocycles. The van der Waals surface area contributed by atoms with Crippen LogP contribution in [-0.2, 0) is 20.9 Å². The molecule has 6 heteroatoms. The van der Waals surface area contributed by atoms with E-state index in [2.05, 4.69) is 0 Å². The van der Waals surface area contributed by atoms with Crippen LogP contribution < -0.4 is 11.5 Å². The summed E-state index contributed by atoms with van der Waals surface area (Å²) < 4.78 is 5.48. The van der Waals surface area contributed by atoms with E-state index in [-0.39, 0.29) is 18.4 Å². The summed E-state index contributed by atoms with van der Waals surface area (Å²) in [4.78, 5) is 25.2. The van der Waals surface area contributed by atoms with Gasteiger partial charge < -0.3 is 21.1 Å². The zero-order valence-corrected chi connectivity index (χ0v) is 12.1. The minimum Gasteiger partial charge on any atom is -0.399 e. The number of primary amides is 1. The number of hydrogen-bond donors (Lipinski definition) is 2. The van der Waals surface area contributed by atoms with Crippen molar-refractivity contribution in [1.82, 2.24) is 4.90 Å². The van der Waals surface area contributed by atoms with Gasteiger partial charge in [0.2, 0.25) is 5.91 Å². The van der Waals surface area contributed by atoms with Crippen LogP contribution in [0, 0.1) is 5.92 Å². The molecule has 114 valence electrons. The van der Waals surface area contributed by atoms with E-state index in [1.807, 2.05) is 19.1 Å². The van der Waals surface area contributed by atoms with Crippen LogP contribution in [-0.4, -0.2) is 36.0 Å². The lowest BCUT2D eigenvalue weighted by Crippen LogP contribution is -2.44. The Morgan fingerprint density at radius 3 is 2.52 bits per heavy atom. The Morgan fingerprint density at radius 1 is 1.33 bits per heavy atom. The Bertz CT molecular complexity index is 515. The van der Waals surface area contributed by atoms with Gasteiger partial charge in [0.15, 0.2) is 0 Å². The molecule has 4 N–H and O–H groups in total. The normalized spacial score (nSPS) is 21.2. The van der Waals surface area contributed by atoms with Crippen LogP contribution in [0.5, 0.6) is 0 Å². The van der Waals surface area contributed by atoms with Crippen molar-refractivity contribution in [1.29, 1.82) is 0 Å². The number of nitrogens with two attached hydrogens (primary N) is 2. The number of nitrogens with zero attached hydrogens (tertiary/aromatic N) is 1. The van der Waals surface area contributed by atoms with E-state index in [0.29, 0.717) is 18.8 Å². The van der Waals surface area contributed by atoms with Crippen LogP contribution in [0.15, 0.2) is 24.3 Å². The van der Waals surface area contributed by atoms with Gasteiger partial charge in [-0.05, 0) is 30.0 Å². The smallest absolute Gasteiger partial charge is 0.252 e. The number of carbonyl (C=O) groups is 2. The summed E-state index contributed by atoms with van der Waals surface area (Å²) in [6.07, 6.45) is 0.362. The average molecular weight is 291 g/mol. The van der Waals surface area contributed by atoms with Crippen molar-refractivity contribution in [3.05, 3.63) is 29.8 Å². The van der Waals surface area contributed by atoms with Crippen molar-refractivity contribution < 1.29 is 14.3 Å². The summed E-state index contributed by atoms with van der Waals surface area (Å²) in [5.41, 5.74) is 12.4. The average Bonchev–Trinajstić information content (AvgIpc) is 2.85. The molecule has 2 rings (SSSR count). The molecular weight excluding hydrogens is 270 g/mol. The fourth-order valence-corrected chi connectivity index (χ4v) is 2.43. The fraction of sp³-hybridized carbons (Fsp3) is 0.467. The summed E-state index contributed by atoms with van der Waals surface area (Å²) in [7, 11) is 0. The minimum atomic E-state index is -0.538. The van der Waals surface area contributed by atoms with Crippen LogP contribution in [0.3, 0.4) is 0 Å². The van der Waals surface area contributed by atoms with Crippen LogP contribution in [0.25, 0.3) is 0 Å². The highest BCUT2D eigenvalue weighted by atomic mass is 16.5. The molecule has 1 aromatic rings. The highest BCUT2D eigenvalue weighted by molar-refractivity contribution is 5.86. The monoisotopic (exact) mass is 291 g/mol. The number of carbonyl (C=O) groups excluding carboxylic acids is 2. The predicted molar refractivity (Wildman–Crippen MR) is 79.0 cm³/mol. The minimum absolute atomic E-state index is 0.115. The molecule has 0 spiro atoms. The second-order valence-corrected chi connectivity index (χ2v) is 5.46. The molecule has 2 amide bonds. The quantitative estimate of drug-likeness (QED) is 0.772. The number of amides is 2. The van der Waals surface area contributed by atoms with Gasteiger partial charge in [0.05, 0.1) is 6.54 Å². The maximum absolute atomic E-state index is 12.5. The van der Waals surface area contributed by atoms with Gasteiger partial charge >= 0.3 is 0 Å². The second-order valence-electron chi connectivity index (χ2n) is 5.46. The van der Waals surface area contributed by atoms with Gasteiger partial charge in [0.25, 0.3) is 5.91 Å². The molecule has 0 aliphatic carbocycles. The molecule has 1 saturated heterocycles. The van der Waals surface area contributed by atoms with Crippen LogP contribution >= 0.6 is 0 Å². The molecule has 1 fully saturated rings. The van der Waals surface area contributed by atoms with Crippen molar-refractivity contribution in [3.63, 3.8) is 0 Å². The molecule has 1 aromatic carbocycles. The Hall–Kier alpha value is -2.08. The largest absolute Gasteiger partial charge is 0.399 e. The first kappa shape index (κ1) is 15.3. The highest BCUT2D eigenvalue weighted by Gasteiger charge is 2.34. The Kier molecular flexibility index (Phi) is 4.80. The van der Waals surface area contributed by atoms with Gasteiger partial charge in [0.1, 0.15) is 6.10 Å². The first-order chi connectivity index (χ1) is 9.97. The SMILES string of the molecule is CC1CCOC1C(=O)N(CC(N)=O)Cc1ccc(N)cc1. The van der Waals surface area contributed by atoms with E-state index in [4.69, 9.17) is 16.2 Å². The lowest BCUT2D eigenvalue weighted by Gasteiger charge is -2.25. The lowest BCUT2D eigenvalue weighted by molar-refractivity contribution is -0.145. The van der Waals surface area contributed by atoms with Crippen molar-refractivity contribution >= 4 is 17.5 Å². The third kappa shape index (κ3) is 3.95. The maximum Gasteiger partial charge on any atom is 0.252 e. The zero-order chi connectivity index (χ0) is 15.4. The number of hydrogen-bond acceptors (Lipinski definition) is 4. The predicted octanol–water partition coefficient (Wildman–Crippen LogP) is 0.508. The third-order valence-electron chi connectivity index (χ3n) is 3.64. The van der Waals surface area contributed by atoms with E-state index < -0.39 is 12.0 Å². The summed E-state index contributed by atoms with van der Waals surface area (Å²) in [5.74, 6) is -0.570. The first-order valence-corrected chi connectivity index (χ1v) is 7.00. The van der Waals surface area contributed by atoms with Gasteiger partial charge in [-0.1, -0.05) is 19.1 Å². The summed E-state index contributed by atoms with van der Waals surface area (Å²) in [5, 5.41) is 0. The van der Waals surface area contributed by atoms with Crippen molar-refractivity contribution in [2.75, 3.05) is 18.9 Å². The molecular formula is C15H21N3O3. The standard InChI is InChI=1S/C15H21N3O3/c1-10-6-7-21-14(10)15(20)18(9-13(17)19)8-11-2-4-12(16)5-3-11/h2-5,10,14H,6-9,16H2,1H3,(H2,17,19). The fourth-order valence-electron chi connectivity index (χ4n) is 2.43. The van der Waals surface area contributed by atoms with E-state index in [0.717, 1.165) is 12.0 Å². The maximum atomic E-state index is 12.5. The second kappa shape index (κ2) is 6.58. The van der Waals surface area contributed by atoms with Crippen molar-refractivity contribution in [2.24, 2.45) is 11.7 Å². The molecule has 1 aliphatic rings. The van der Waals surface area contributed by atoms with E-state index in [9.17, 15) is 9.59 Å². The van der Waals surface area contributed by atoms with Gasteiger partial charge in [-0.2, -0.15) is 0 Å². The molecule has 2 unspecified atom stereocenters. The van der Waals surface area contributed by atoms with E-state index in [1.54, 1.807) is 12.1 Å². The molecule has 6 nitrogen and oxygen atoms in total. The Labute approximate surface area is 124 Å². The highest BCUT2D eigenvalue weighted by Crippen LogP contribution is 2.22. The van der Waals surface area contributed by atoms with Crippen molar-refractivity contribution in [3.8, 4) is 0 Å². The summed E-state index contributed by atoms with van der Waals surface area (Å²) >= 11 is 0. The van der Waals surface area contributed by atoms with Crippen LogP contribution in [0.4, 0.5) is 5.69 Å². The van der Waals surface area contributed by atoms with Gasteiger partial charge in [-0.25, -0.2) is 0 Å². The molecule has 21 heavy (non-hydrogen) atoms. The Balaban J connectivity index is 2.11. The molecule has 2 atom stereocenters. The summed E-state index contributed by atoms with van der Waals surface area (Å²) in [6.45, 7) is 2.75. The van der Waals surface area contributed by atoms with Gasteiger partial charge in [-0.15, -0.1) is 0 Å². The first-order valence-electron chi connectivity index (χ1n) is 7.00. The number of rotatable bonds is 5. The number of benzene rings is 1. The molecule has 1 aliphatic heterocycles.